The average Bonchev–Trinajstić information content (AvgIpc) is 2.39. The van der Waals surface area contributed by atoms with Crippen LogP contribution in [0.4, 0.5) is 5.82 Å². The van der Waals surface area contributed by atoms with Crippen LogP contribution in [0.1, 0.15) is 37.7 Å². The van der Waals surface area contributed by atoms with Crippen molar-refractivity contribution in [3.8, 4) is 0 Å². The number of hydrogen-bond acceptors (Lipinski definition) is 2. The number of pyridine rings is 1. The molecule has 0 fully saturated rings. The van der Waals surface area contributed by atoms with Gasteiger partial charge < -0.3 is 5.32 Å². The van der Waals surface area contributed by atoms with Crippen LogP contribution >= 0.6 is 0 Å². The minimum absolute atomic E-state index is 0.0397. The van der Waals surface area contributed by atoms with Gasteiger partial charge in [-0.2, -0.15) is 0 Å². The maximum Gasteiger partial charge on any atom is 0.139 e. The number of nitrogens with one attached hydrogen (secondary N) is 1. The SMILES string of the molecule is Cc1cc(C)n2c(NC(C)(C)C)c(C)nc2c1. The van der Waals surface area contributed by atoms with E-state index in [1.165, 1.54) is 11.3 Å². The van der Waals surface area contributed by atoms with Gasteiger partial charge in [0.1, 0.15) is 11.5 Å². The van der Waals surface area contributed by atoms with Crippen LogP contribution in [0.5, 0.6) is 0 Å². The van der Waals surface area contributed by atoms with Gasteiger partial charge in [-0.25, -0.2) is 4.98 Å². The quantitative estimate of drug-likeness (QED) is 0.814. The zero-order chi connectivity index (χ0) is 12.8. The van der Waals surface area contributed by atoms with Gasteiger partial charge in [-0.05, 0) is 59.2 Å². The van der Waals surface area contributed by atoms with E-state index in [4.69, 9.17) is 0 Å². The lowest BCUT2D eigenvalue weighted by atomic mass is 10.1. The van der Waals surface area contributed by atoms with Gasteiger partial charge in [-0.15, -0.1) is 0 Å². The van der Waals surface area contributed by atoms with Crippen LogP contribution in [0.2, 0.25) is 0 Å². The number of anilines is 1. The summed E-state index contributed by atoms with van der Waals surface area (Å²) in [6.07, 6.45) is 0. The van der Waals surface area contributed by atoms with Gasteiger partial charge in [0, 0.05) is 11.2 Å². The Labute approximate surface area is 103 Å². The van der Waals surface area contributed by atoms with E-state index in [2.05, 4.69) is 68.4 Å². The van der Waals surface area contributed by atoms with Gasteiger partial charge in [0.15, 0.2) is 0 Å². The molecule has 3 nitrogen and oxygen atoms in total. The van der Waals surface area contributed by atoms with Gasteiger partial charge in [0.05, 0.1) is 5.69 Å². The van der Waals surface area contributed by atoms with E-state index in [0.29, 0.717) is 0 Å². The van der Waals surface area contributed by atoms with E-state index in [1.807, 2.05) is 0 Å². The Bertz CT molecular complexity index is 559. The molecule has 0 unspecified atom stereocenters. The topological polar surface area (TPSA) is 29.3 Å². The molecular formula is C14H21N3. The lowest BCUT2D eigenvalue weighted by Crippen LogP contribution is -2.27. The maximum absolute atomic E-state index is 4.62. The molecule has 2 aromatic rings. The second-order valence-corrected chi connectivity index (χ2v) is 5.79. The second kappa shape index (κ2) is 3.76. The molecule has 0 spiro atoms. The summed E-state index contributed by atoms with van der Waals surface area (Å²) in [4.78, 5) is 4.62. The standard InChI is InChI=1S/C14H21N3/c1-9-7-10(2)17-12(8-9)15-11(3)13(17)16-14(4,5)6/h7-8,16H,1-6H3. The molecule has 92 valence electrons. The molecule has 3 heteroatoms. The van der Waals surface area contributed by atoms with Crippen LogP contribution in [0.15, 0.2) is 12.1 Å². The summed E-state index contributed by atoms with van der Waals surface area (Å²) in [7, 11) is 0. The van der Waals surface area contributed by atoms with Crippen molar-refractivity contribution in [2.75, 3.05) is 5.32 Å². The molecule has 2 rings (SSSR count). The van der Waals surface area contributed by atoms with Crippen molar-refractivity contribution in [1.29, 1.82) is 0 Å². The fourth-order valence-electron chi connectivity index (χ4n) is 2.15. The third-order valence-corrected chi connectivity index (χ3v) is 2.72. The molecule has 0 atom stereocenters. The Hall–Kier alpha value is -1.51. The molecule has 2 heterocycles. The fourth-order valence-corrected chi connectivity index (χ4v) is 2.15. The molecule has 0 bridgehead atoms. The van der Waals surface area contributed by atoms with E-state index in [0.717, 1.165) is 17.2 Å². The highest BCUT2D eigenvalue weighted by Gasteiger charge is 2.16. The van der Waals surface area contributed by atoms with Crippen molar-refractivity contribution >= 4 is 11.5 Å². The predicted octanol–water partition coefficient (Wildman–Crippen LogP) is 3.47. The Morgan fingerprint density at radius 1 is 1.12 bits per heavy atom. The number of hydrogen-bond donors (Lipinski definition) is 1. The van der Waals surface area contributed by atoms with Crippen LogP contribution in [0.3, 0.4) is 0 Å². The van der Waals surface area contributed by atoms with Crippen LogP contribution in [-0.2, 0) is 0 Å². The highest BCUT2D eigenvalue weighted by atomic mass is 15.2. The summed E-state index contributed by atoms with van der Waals surface area (Å²) >= 11 is 0. The monoisotopic (exact) mass is 231 g/mol. The third-order valence-electron chi connectivity index (χ3n) is 2.72. The van der Waals surface area contributed by atoms with E-state index in [9.17, 15) is 0 Å². The zero-order valence-electron chi connectivity index (χ0n) is 11.5. The predicted molar refractivity (Wildman–Crippen MR) is 72.8 cm³/mol. The van der Waals surface area contributed by atoms with Gasteiger partial charge in [0.2, 0.25) is 0 Å². The summed E-state index contributed by atoms with van der Waals surface area (Å²) in [6, 6.07) is 4.30. The number of rotatable bonds is 1. The first-order valence-corrected chi connectivity index (χ1v) is 6.02. The summed E-state index contributed by atoms with van der Waals surface area (Å²) < 4.78 is 2.19. The summed E-state index contributed by atoms with van der Waals surface area (Å²) in [5, 5.41) is 3.53. The smallest absolute Gasteiger partial charge is 0.139 e. The first kappa shape index (κ1) is 12.0. The van der Waals surface area contributed by atoms with Crippen LogP contribution in [0, 0.1) is 20.8 Å². The molecular weight excluding hydrogens is 210 g/mol. The maximum atomic E-state index is 4.62. The third kappa shape index (κ3) is 2.28. The highest BCUT2D eigenvalue weighted by molar-refractivity contribution is 5.58. The average molecular weight is 231 g/mol. The highest BCUT2D eigenvalue weighted by Crippen LogP contribution is 2.23. The Kier molecular flexibility index (Phi) is 2.64. The number of nitrogens with zero attached hydrogens (tertiary/aromatic N) is 2. The first-order chi connectivity index (χ1) is 7.78. The first-order valence-electron chi connectivity index (χ1n) is 6.02. The van der Waals surface area contributed by atoms with E-state index >= 15 is 0 Å². The molecule has 0 amide bonds. The van der Waals surface area contributed by atoms with Crippen molar-refractivity contribution in [3.05, 3.63) is 29.1 Å². The zero-order valence-corrected chi connectivity index (χ0v) is 11.5. The Balaban J connectivity index is 2.67. The Morgan fingerprint density at radius 3 is 2.35 bits per heavy atom. The minimum atomic E-state index is 0.0397. The molecule has 0 radical (unpaired) electrons. The van der Waals surface area contributed by atoms with E-state index in [1.54, 1.807) is 0 Å². The largest absolute Gasteiger partial charge is 0.365 e. The molecule has 0 aromatic carbocycles. The lowest BCUT2D eigenvalue weighted by molar-refractivity contribution is 0.628. The summed E-state index contributed by atoms with van der Waals surface area (Å²) in [6.45, 7) is 12.8. The van der Waals surface area contributed by atoms with E-state index in [-0.39, 0.29) is 5.54 Å². The number of aryl methyl sites for hydroxylation is 3. The summed E-state index contributed by atoms with van der Waals surface area (Å²) in [5.41, 5.74) is 4.58. The molecule has 0 aliphatic carbocycles. The number of aromatic nitrogens is 2. The van der Waals surface area contributed by atoms with Crippen LogP contribution in [-0.4, -0.2) is 14.9 Å². The Morgan fingerprint density at radius 2 is 1.76 bits per heavy atom. The van der Waals surface area contributed by atoms with Crippen molar-refractivity contribution < 1.29 is 0 Å². The van der Waals surface area contributed by atoms with Crippen LogP contribution in [0.25, 0.3) is 5.65 Å². The van der Waals surface area contributed by atoms with Crippen molar-refractivity contribution in [2.24, 2.45) is 0 Å². The molecule has 17 heavy (non-hydrogen) atoms. The number of fused-ring (bicyclic) bond motifs is 1. The van der Waals surface area contributed by atoms with Gasteiger partial charge >= 0.3 is 0 Å². The molecule has 0 aliphatic heterocycles. The molecule has 2 aromatic heterocycles. The molecule has 0 saturated carbocycles. The van der Waals surface area contributed by atoms with Gasteiger partial charge in [0.25, 0.3) is 0 Å². The van der Waals surface area contributed by atoms with Crippen molar-refractivity contribution in [3.63, 3.8) is 0 Å². The molecule has 1 N–H and O–H groups in total. The fraction of sp³-hybridized carbons (Fsp3) is 0.500. The van der Waals surface area contributed by atoms with Crippen molar-refractivity contribution in [1.82, 2.24) is 9.38 Å². The van der Waals surface area contributed by atoms with Gasteiger partial charge in [-0.3, -0.25) is 4.40 Å². The minimum Gasteiger partial charge on any atom is -0.365 e. The molecule has 0 aliphatic rings. The van der Waals surface area contributed by atoms with Crippen LogP contribution < -0.4 is 5.32 Å². The summed E-state index contributed by atoms with van der Waals surface area (Å²) in [5.74, 6) is 1.10. The number of imidazole rings is 1. The van der Waals surface area contributed by atoms with Gasteiger partial charge in [-0.1, -0.05) is 0 Å². The lowest BCUT2D eigenvalue weighted by Gasteiger charge is -2.22. The normalized spacial score (nSPS) is 12.1. The molecule has 0 saturated heterocycles. The van der Waals surface area contributed by atoms with E-state index < -0.39 is 0 Å². The second-order valence-electron chi connectivity index (χ2n) is 5.79. The van der Waals surface area contributed by atoms with Crippen molar-refractivity contribution in [2.45, 2.75) is 47.1 Å².